The molecule has 0 saturated carbocycles. The summed E-state index contributed by atoms with van der Waals surface area (Å²) in [5.41, 5.74) is 2.37. The van der Waals surface area contributed by atoms with E-state index in [1.165, 1.54) is 0 Å². The van der Waals surface area contributed by atoms with Gasteiger partial charge in [-0.3, -0.25) is 4.29 Å². The molecule has 0 aliphatic carbocycles. The summed E-state index contributed by atoms with van der Waals surface area (Å²) in [6.07, 6.45) is 2.49. The molecule has 0 radical (unpaired) electrons. The van der Waals surface area contributed by atoms with Gasteiger partial charge in [-0.05, 0) is 28.4 Å². The van der Waals surface area contributed by atoms with Gasteiger partial charge in [-0.1, -0.05) is 29.8 Å². The number of halogens is 3. The molecule has 3 rings (SSSR count). The van der Waals surface area contributed by atoms with Crippen LogP contribution in [0.1, 0.15) is 6.42 Å². The lowest BCUT2D eigenvalue weighted by Gasteiger charge is -2.11. The van der Waals surface area contributed by atoms with E-state index in [4.69, 9.17) is 23.5 Å². The molecule has 2 heterocycles. The van der Waals surface area contributed by atoms with E-state index in [1.54, 1.807) is 10.7 Å². The molecule has 5 nitrogen and oxygen atoms in total. The van der Waals surface area contributed by atoms with Crippen LogP contribution in [0.4, 0.5) is 5.82 Å². The van der Waals surface area contributed by atoms with E-state index in [1.807, 2.05) is 30.3 Å². The zero-order valence-electron chi connectivity index (χ0n) is 12.0. The van der Waals surface area contributed by atoms with Crippen molar-refractivity contribution >= 4 is 50.9 Å². The highest BCUT2D eigenvalue weighted by Gasteiger charge is 2.12. The Balaban J connectivity index is 2.02. The number of rotatable bonds is 6. The molecule has 0 spiro atoms. The van der Waals surface area contributed by atoms with Crippen molar-refractivity contribution in [1.82, 2.24) is 14.6 Å². The molecule has 0 amide bonds. The molecule has 0 bridgehead atoms. The summed E-state index contributed by atoms with van der Waals surface area (Å²) in [6.45, 7) is 1.17. The van der Waals surface area contributed by atoms with Crippen molar-refractivity contribution in [3.8, 4) is 11.3 Å². The number of nitrogens with one attached hydrogen (secondary N) is 1. The summed E-state index contributed by atoms with van der Waals surface area (Å²) >= 11 is 15.0. The Bertz CT molecular complexity index is 824. The minimum Gasteiger partial charge on any atom is -0.370 e. The molecule has 1 N–H and O–H groups in total. The number of nitrogens with zero attached hydrogens (tertiary/aromatic N) is 3. The van der Waals surface area contributed by atoms with Gasteiger partial charge in [0.2, 0.25) is 0 Å². The molecular formula is C15H13BrCl2N4O. The first-order chi connectivity index (χ1) is 11.2. The van der Waals surface area contributed by atoms with Gasteiger partial charge in [0, 0.05) is 23.2 Å². The SMILES string of the molecule is ClOCCCNc1cc(-c2ccccc2Cl)nc2c(Br)cnn12. The largest absolute Gasteiger partial charge is 0.370 e. The molecule has 0 fully saturated rings. The van der Waals surface area contributed by atoms with Gasteiger partial charge in [0.25, 0.3) is 0 Å². The zero-order chi connectivity index (χ0) is 16.2. The first-order valence-corrected chi connectivity index (χ1v) is 8.45. The van der Waals surface area contributed by atoms with Crippen molar-refractivity contribution < 1.29 is 4.29 Å². The highest BCUT2D eigenvalue weighted by molar-refractivity contribution is 9.10. The van der Waals surface area contributed by atoms with Crippen LogP contribution < -0.4 is 5.32 Å². The van der Waals surface area contributed by atoms with Crippen molar-refractivity contribution in [2.75, 3.05) is 18.5 Å². The molecule has 1 aromatic carbocycles. The van der Waals surface area contributed by atoms with Gasteiger partial charge in [-0.15, -0.1) is 0 Å². The topological polar surface area (TPSA) is 51.5 Å². The van der Waals surface area contributed by atoms with Crippen LogP contribution in [0.3, 0.4) is 0 Å². The van der Waals surface area contributed by atoms with Gasteiger partial charge in [-0.25, -0.2) is 4.98 Å². The molecule has 0 unspecified atom stereocenters. The van der Waals surface area contributed by atoms with Crippen LogP contribution in [0.5, 0.6) is 0 Å². The van der Waals surface area contributed by atoms with Crippen molar-refractivity contribution in [1.29, 1.82) is 0 Å². The van der Waals surface area contributed by atoms with Crippen LogP contribution in [0.15, 0.2) is 41.0 Å². The summed E-state index contributed by atoms with van der Waals surface area (Å²) < 4.78 is 7.11. The number of hydrogen-bond donors (Lipinski definition) is 1. The molecule has 8 heteroatoms. The first-order valence-electron chi connectivity index (χ1n) is 6.97. The van der Waals surface area contributed by atoms with Crippen LogP contribution in [-0.2, 0) is 4.29 Å². The van der Waals surface area contributed by atoms with Crippen LogP contribution in [0, 0.1) is 0 Å². The fourth-order valence-electron chi connectivity index (χ4n) is 2.21. The lowest BCUT2D eigenvalue weighted by atomic mass is 10.1. The van der Waals surface area contributed by atoms with Gasteiger partial charge in [0.15, 0.2) is 5.65 Å². The summed E-state index contributed by atoms with van der Waals surface area (Å²) in [7, 11) is 0. The monoisotopic (exact) mass is 414 g/mol. The van der Waals surface area contributed by atoms with E-state index >= 15 is 0 Å². The van der Waals surface area contributed by atoms with E-state index < -0.39 is 0 Å². The van der Waals surface area contributed by atoms with Crippen LogP contribution >= 0.6 is 39.4 Å². The number of fused-ring (bicyclic) bond motifs is 1. The van der Waals surface area contributed by atoms with Gasteiger partial charge in [0.05, 0.1) is 34.8 Å². The Labute approximate surface area is 151 Å². The Morgan fingerprint density at radius 1 is 1.30 bits per heavy atom. The fraction of sp³-hybridized carbons (Fsp3) is 0.200. The summed E-state index contributed by atoms with van der Waals surface area (Å²) in [6, 6.07) is 9.54. The van der Waals surface area contributed by atoms with Crippen molar-refractivity contribution in [2.24, 2.45) is 0 Å². The van der Waals surface area contributed by atoms with Crippen LogP contribution in [0.25, 0.3) is 16.9 Å². The fourth-order valence-corrected chi connectivity index (χ4v) is 2.90. The molecule has 0 saturated heterocycles. The van der Waals surface area contributed by atoms with E-state index in [-0.39, 0.29) is 0 Å². The van der Waals surface area contributed by atoms with Crippen molar-refractivity contribution in [3.05, 3.63) is 46.0 Å². The number of aromatic nitrogens is 3. The Morgan fingerprint density at radius 3 is 2.91 bits per heavy atom. The molecule has 120 valence electrons. The Morgan fingerprint density at radius 2 is 2.13 bits per heavy atom. The van der Waals surface area contributed by atoms with Gasteiger partial charge < -0.3 is 5.32 Å². The molecule has 23 heavy (non-hydrogen) atoms. The number of benzene rings is 1. The second-order valence-electron chi connectivity index (χ2n) is 4.83. The second-order valence-corrected chi connectivity index (χ2v) is 6.31. The molecule has 3 aromatic rings. The van der Waals surface area contributed by atoms with E-state index in [9.17, 15) is 0 Å². The third kappa shape index (κ3) is 3.61. The number of hydrogen-bond acceptors (Lipinski definition) is 4. The average molecular weight is 416 g/mol. The molecular weight excluding hydrogens is 403 g/mol. The standard InChI is InChI=1S/C15H13BrCl2N4O/c16-11-9-20-22-14(19-6-3-7-23-18)8-13(21-15(11)22)10-4-1-2-5-12(10)17/h1-2,4-5,8-9,19H,3,6-7H2. The van der Waals surface area contributed by atoms with Gasteiger partial charge in [0.1, 0.15) is 5.82 Å². The molecule has 0 aliphatic heterocycles. The summed E-state index contributed by atoms with van der Waals surface area (Å²) in [5.74, 6) is 0.824. The van der Waals surface area contributed by atoms with E-state index in [2.05, 4.69) is 35.6 Å². The van der Waals surface area contributed by atoms with Gasteiger partial charge >= 0.3 is 0 Å². The lowest BCUT2D eigenvalue weighted by Crippen LogP contribution is -2.09. The third-order valence-electron chi connectivity index (χ3n) is 3.28. The molecule has 0 aliphatic rings. The van der Waals surface area contributed by atoms with Crippen molar-refractivity contribution in [3.63, 3.8) is 0 Å². The maximum Gasteiger partial charge on any atom is 0.172 e. The summed E-state index contributed by atoms with van der Waals surface area (Å²) in [4.78, 5) is 4.65. The van der Waals surface area contributed by atoms with Gasteiger partial charge in [-0.2, -0.15) is 9.61 Å². The maximum atomic E-state index is 6.30. The second kappa shape index (κ2) is 7.49. The third-order valence-corrected chi connectivity index (χ3v) is 4.33. The highest BCUT2D eigenvalue weighted by Crippen LogP contribution is 2.30. The Kier molecular flexibility index (Phi) is 5.38. The normalized spacial score (nSPS) is 11.1. The summed E-state index contributed by atoms with van der Waals surface area (Å²) in [5, 5.41) is 8.31. The van der Waals surface area contributed by atoms with E-state index in [0.717, 1.165) is 33.6 Å². The average Bonchev–Trinajstić information content (AvgIpc) is 2.93. The lowest BCUT2D eigenvalue weighted by molar-refractivity contribution is 0.348. The van der Waals surface area contributed by atoms with Crippen LogP contribution in [0.2, 0.25) is 5.02 Å². The zero-order valence-corrected chi connectivity index (χ0v) is 15.1. The van der Waals surface area contributed by atoms with Crippen LogP contribution in [-0.4, -0.2) is 27.7 Å². The number of anilines is 1. The Hall–Kier alpha value is -1.34. The predicted octanol–water partition coefficient (Wildman–Crippen LogP) is 4.78. The first kappa shape index (κ1) is 16.5. The van der Waals surface area contributed by atoms with Crippen molar-refractivity contribution in [2.45, 2.75) is 6.42 Å². The predicted molar refractivity (Wildman–Crippen MR) is 96.0 cm³/mol. The quantitative estimate of drug-likeness (QED) is 0.588. The highest BCUT2D eigenvalue weighted by atomic mass is 79.9. The smallest absolute Gasteiger partial charge is 0.172 e. The minimum absolute atomic E-state index is 0.475. The maximum absolute atomic E-state index is 6.30. The van der Waals surface area contributed by atoms with E-state index in [0.29, 0.717) is 18.2 Å². The molecule has 0 atom stereocenters. The minimum atomic E-state index is 0.475. The molecule has 2 aromatic heterocycles.